The van der Waals surface area contributed by atoms with Crippen LogP contribution >= 0.6 is 11.6 Å². The largest absolute Gasteiger partial charge is 0.491 e. The number of amides is 1. The third-order valence-electron chi connectivity index (χ3n) is 2.64. The molecular weight excluding hydrogens is 280 g/mol. The van der Waals surface area contributed by atoms with Gasteiger partial charge in [0.25, 0.3) is 0 Å². The molecule has 0 aliphatic carbocycles. The van der Waals surface area contributed by atoms with Gasteiger partial charge in [-0.15, -0.1) is 0 Å². The molecular formula is C14H21ClN2O3. The summed E-state index contributed by atoms with van der Waals surface area (Å²) < 4.78 is 5.41. The van der Waals surface area contributed by atoms with Gasteiger partial charge in [-0.1, -0.05) is 17.7 Å². The maximum Gasteiger partial charge on any atom is 0.236 e. The highest BCUT2D eigenvalue weighted by Gasteiger charge is 2.13. The summed E-state index contributed by atoms with van der Waals surface area (Å²) in [5.41, 5.74) is 0. The Labute approximate surface area is 124 Å². The van der Waals surface area contributed by atoms with Gasteiger partial charge in [0.05, 0.1) is 6.04 Å². The summed E-state index contributed by atoms with van der Waals surface area (Å²) in [6.45, 7) is 4.60. The van der Waals surface area contributed by atoms with Crippen molar-refractivity contribution < 1.29 is 14.6 Å². The van der Waals surface area contributed by atoms with Gasteiger partial charge in [0.2, 0.25) is 5.91 Å². The van der Waals surface area contributed by atoms with Crippen LogP contribution in [0.1, 0.15) is 13.8 Å². The Balaban J connectivity index is 2.26. The maximum atomic E-state index is 11.5. The van der Waals surface area contributed by atoms with Crippen LogP contribution in [0.25, 0.3) is 0 Å². The molecule has 0 heterocycles. The normalized spacial score (nSPS) is 13.6. The fraction of sp³-hybridized carbons (Fsp3) is 0.500. The molecule has 2 atom stereocenters. The minimum Gasteiger partial charge on any atom is -0.491 e. The van der Waals surface area contributed by atoms with Crippen LogP contribution < -0.4 is 15.4 Å². The number of carbonyl (C=O) groups excluding carboxylic acids is 1. The predicted octanol–water partition coefficient (Wildman–Crippen LogP) is 1.19. The van der Waals surface area contributed by atoms with Crippen molar-refractivity contribution in [2.45, 2.75) is 26.0 Å². The predicted molar refractivity (Wildman–Crippen MR) is 79.1 cm³/mol. The second-order valence-electron chi connectivity index (χ2n) is 4.45. The molecule has 1 aromatic rings. The highest BCUT2D eigenvalue weighted by molar-refractivity contribution is 6.30. The molecule has 0 saturated heterocycles. The van der Waals surface area contributed by atoms with Crippen molar-refractivity contribution in [1.29, 1.82) is 0 Å². The van der Waals surface area contributed by atoms with E-state index in [4.69, 9.17) is 16.3 Å². The summed E-state index contributed by atoms with van der Waals surface area (Å²) >= 11 is 5.83. The summed E-state index contributed by atoms with van der Waals surface area (Å²) in [4.78, 5) is 11.5. The zero-order chi connectivity index (χ0) is 15.0. The van der Waals surface area contributed by atoms with E-state index in [-0.39, 0.29) is 25.1 Å². The lowest BCUT2D eigenvalue weighted by molar-refractivity contribution is -0.122. The van der Waals surface area contributed by atoms with E-state index in [1.54, 1.807) is 31.2 Å². The molecule has 0 aliphatic rings. The van der Waals surface area contributed by atoms with Crippen molar-refractivity contribution in [2.75, 3.05) is 19.7 Å². The van der Waals surface area contributed by atoms with Gasteiger partial charge in [-0.2, -0.15) is 0 Å². The topological polar surface area (TPSA) is 70.6 Å². The number of likely N-dealkylation sites (N-methyl/N-ethyl adjacent to an activating group) is 1. The molecule has 3 N–H and O–H groups in total. The molecule has 20 heavy (non-hydrogen) atoms. The Morgan fingerprint density at radius 2 is 2.25 bits per heavy atom. The molecule has 1 rings (SSSR count). The first-order chi connectivity index (χ1) is 9.52. The molecule has 0 aromatic heterocycles. The lowest BCUT2D eigenvalue weighted by Gasteiger charge is -2.17. The summed E-state index contributed by atoms with van der Waals surface area (Å²) in [5.74, 6) is 0.517. The van der Waals surface area contributed by atoms with Gasteiger partial charge in [-0.05, 0) is 32.0 Å². The average molecular weight is 301 g/mol. The van der Waals surface area contributed by atoms with Gasteiger partial charge >= 0.3 is 0 Å². The van der Waals surface area contributed by atoms with E-state index >= 15 is 0 Å². The maximum absolute atomic E-state index is 11.5. The minimum atomic E-state index is -0.703. The third kappa shape index (κ3) is 6.23. The Hall–Kier alpha value is -1.30. The number of ether oxygens (including phenoxy) is 1. The zero-order valence-corrected chi connectivity index (χ0v) is 12.5. The second-order valence-corrected chi connectivity index (χ2v) is 4.88. The van der Waals surface area contributed by atoms with Gasteiger partial charge < -0.3 is 20.5 Å². The van der Waals surface area contributed by atoms with Crippen molar-refractivity contribution in [1.82, 2.24) is 10.6 Å². The van der Waals surface area contributed by atoms with Crippen molar-refractivity contribution in [2.24, 2.45) is 0 Å². The van der Waals surface area contributed by atoms with Crippen LogP contribution in [-0.4, -0.2) is 42.9 Å². The minimum absolute atomic E-state index is 0.0875. The molecule has 0 bridgehead atoms. The van der Waals surface area contributed by atoms with E-state index in [1.165, 1.54) is 0 Å². The summed E-state index contributed by atoms with van der Waals surface area (Å²) in [6, 6.07) is 6.62. The van der Waals surface area contributed by atoms with Crippen LogP contribution in [0.4, 0.5) is 0 Å². The number of nitrogens with one attached hydrogen (secondary N) is 2. The standard InChI is InChI=1S/C14H21ClN2O3/c1-3-16-14(19)10(2)17-8-12(18)9-20-13-6-4-5-11(15)7-13/h4-7,10,12,17-18H,3,8-9H2,1-2H3,(H,16,19). The molecule has 0 spiro atoms. The Morgan fingerprint density at radius 3 is 2.90 bits per heavy atom. The first-order valence-electron chi connectivity index (χ1n) is 6.60. The summed E-state index contributed by atoms with van der Waals surface area (Å²) in [7, 11) is 0. The van der Waals surface area contributed by atoms with Crippen LogP contribution in [0.3, 0.4) is 0 Å². The Bertz CT molecular complexity index is 429. The summed E-state index contributed by atoms with van der Waals surface area (Å²) in [5, 5.41) is 16.0. The number of benzene rings is 1. The molecule has 0 fully saturated rings. The fourth-order valence-corrected chi connectivity index (χ4v) is 1.72. The van der Waals surface area contributed by atoms with E-state index in [0.717, 1.165) is 0 Å². The second kappa shape index (κ2) is 8.79. The Kier molecular flexibility index (Phi) is 7.36. The molecule has 1 amide bonds. The van der Waals surface area contributed by atoms with Gasteiger partial charge in [-0.3, -0.25) is 4.79 Å². The first-order valence-corrected chi connectivity index (χ1v) is 6.98. The monoisotopic (exact) mass is 300 g/mol. The highest BCUT2D eigenvalue weighted by Crippen LogP contribution is 2.17. The zero-order valence-electron chi connectivity index (χ0n) is 11.7. The van der Waals surface area contributed by atoms with E-state index in [9.17, 15) is 9.90 Å². The van der Waals surface area contributed by atoms with Gasteiger partial charge in [-0.25, -0.2) is 0 Å². The molecule has 1 aromatic carbocycles. The molecule has 0 aliphatic heterocycles. The molecule has 2 unspecified atom stereocenters. The van der Waals surface area contributed by atoms with Crippen molar-refractivity contribution >= 4 is 17.5 Å². The van der Waals surface area contributed by atoms with Crippen LogP contribution in [0.2, 0.25) is 5.02 Å². The average Bonchev–Trinajstić information content (AvgIpc) is 2.42. The van der Waals surface area contributed by atoms with Crippen molar-refractivity contribution in [3.05, 3.63) is 29.3 Å². The number of aliphatic hydroxyl groups excluding tert-OH is 1. The number of rotatable bonds is 8. The SMILES string of the molecule is CCNC(=O)C(C)NCC(O)COc1cccc(Cl)c1. The number of halogens is 1. The fourth-order valence-electron chi connectivity index (χ4n) is 1.54. The quantitative estimate of drug-likeness (QED) is 0.674. The van der Waals surface area contributed by atoms with E-state index in [1.807, 2.05) is 6.92 Å². The van der Waals surface area contributed by atoms with Gasteiger partial charge in [0.1, 0.15) is 18.5 Å². The molecule has 5 nitrogen and oxygen atoms in total. The number of carbonyl (C=O) groups is 1. The molecule has 0 saturated carbocycles. The van der Waals surface area contributed by atoms with Crippen molar-refractivity contribution in [3.8, 4) is 5.75 Å². The summed E-state index contributed by atoms with van der Waals surface area (Å²) in [6.07, 6.45) is -0.703. The van der Waals surface area contributed by atoms with Crippen LogP contribution in [0, 0.1) is 0 Å². The lowest BCUT2D eigenvalue weighted by Crippen LogP contribution is -2.45. The van der Waals surface area contributed by atoms with Gasteiger partial charge in [0.15, 0.2) is 0 Å². The highest BCUT2D eigenvalue weighted by atomic mass is 35.5. The smallest absolute Gasteiger partial charge is 0.236 e. The Morgan fingerprint density at radius 1 is 1.50 bits per heavy atom. The van der Waals surface area contributed by atoms with E-state index in [0.29, 0.717) is 17.3 Å². The molecule has 6 heteroatoms. The number of hydrogen-bond acceptors (Lipinski definition) is 4. The molecule has 112 valence electrons. The van der Waals surface area contributed by atoms with Crippen LogP contribution in [-0.2, 0) is 4.79 Å². The number of aliphatic hydroxyl groups is 1. The lowest BCUT2D eigenvalue weighted by atomic mass is 10.3. The van der Waals surface area contributed by atoms with E-state index < -0.39 is 6.10 Å². The number of hydrogen-bond donors (Lipinski definition) is 3. The van der Waals surface area contributed by atoms with Crippen LogP contribution in [0.5, 0.6) is 5.75 Å². The van der Waals surface area contributed by atoms with Crippen LogP contribution in [0.15, 0.2) is 24.3 Å². The third-order valence-corrected chi connectivity index (χ3v) is 2.88. The molecule has 0 radical (unpaired) electrons. The van der Waals surface area contributed by atoms with E-state index in [2.05, 4.69) is 10.6 Å². The first kappa shape index (κ1) is 16.8. The van der Waals surface area contributed by atoms with Gasteiger partial charge in [0, 0.05) is 18.1 Å². The van der Waals surface area contributed by atoms with Crippen molar-refractivity contribution in [3.63, 3.8) is 0 Å².